The molecule has 1 N–H and O–H groups in total. The summed E-state index contributed by atoms with van der Waals surface area (Å²) in [5.74, 6) is 0.898. The Bertz CT molecular complexity index is 1310. The van der Waals surface area contributed by atoms with Crippen LogP contribution in [0, 0.1) is 0 Å². The molecular weight excluding hydrogens is 410 g/mol. The first kappa shape index (κ1) is 19.4. The molecule has 3 heterocycles. The number of hydrogen-bond donors (Lipinski definition) is 1. The minimum absolute atomic E-state index is 0.151. The first-order valence-corrected chi connectivity index (χ1v) is 11.6. The number of hydrogen-bond acceptors (Lipinski definition) is 6. The van der Waals surface area contributed by atoms with Crippen LogP contribution in [-0.2, 0) is 10.0 Å². The number of para-hydroxylation sites is 1. The summed E-state index contributed by atoms with van der Waals surface area (Å²) in [6, 6.07) is 19.8. The van der Waals surface area contributed by atoms with Crippen molar-refractivity contribution in [3.63, 3.8) is 0 Å². The lowest BCUT2D eigenvalue weighted by molar-refractivity contribution is 0.602. The van der Waals surface area contributed by atoms with E-state index < -0.39 is 10.0 Å². The predicted molar refractivity (Wildman–Crippen MR) is 121 cm³/mol. The van der Waals surface area contributed by atoms with Gasteiger partial charge >= 0.3 is 0 Å². The van der Waals surface area contributed by atoms with Crippen LogP contribution in [0.3, 0.4) is 0 Å². The zero-order chi connectivity index (χ0) is 21.3. The highest BCUT2D eigenvalue weighted by Gasteiger charge is 2.18. The molecule has 2 aromatic heterocycles. The highest BCUT2D eigenvalue weighted by atomic mass is 32.2. The van der Waals surface area contributed by atoms with Crippen LogP contribution in [0.15, 0.2) is 77.8 Å². The Hall–Kier alpha value is -3.52. The van der Waals surface area contributed by atoms with E-state index in [-0.39, 0.29) is 4.90 Å². The highest BCUT2D eigenvalue weighted by molar-refractivity contribution is 7.93. The van der Waals surface area contributed by atoms with Crippen LogP contribution in [0.25, 0.3) is 22.2 Å². The molecular formula is C23H21N5O2S. The van der Waals surface area contributed by atoms with Crippen LogP contribution in [0.2, 0.25) is 0 Å². The van der Waals surface area contributed by atoms with Gasteiger partial charge in [-0.15, -0.1) is 10.2 Å². The van der Waals surface area contributed by atoms with Gasteiger partial charge in [0.25, 0.3) is 10.0 Å². The van der Waals surface area contributed by atoms with E-state index in [2.05, 4.69) is 24.8 Å². The molecule has 0 radical (unpaired) electrons. The molecule has 7 nitrogen and oxygen atoms in total. The first-order chi connectivity index (χ1) is 15.1. The summed E-state index contributed by atoms with van der Waals surface area (Å²) in [7, 11) is -3.78. The van der Waals surface area contributed by atoms with Gasteiger partial charge in [0.2, 0.25) is 0 Å². The molecule has 1 fully saturated rings. The largest absolute Gasteiger partial charge is 0.355 e. The summed E-state index contributed by atoms with van der Waals surface area (Å²) in [6.45, 7) is 2.05. The van der Waals surface area contributed by atoms with E-state index in [1.165, 1.54) is 12.8 Å². The number of nitrogens with zero attached hydrogens (tertiary/aromatic N) is 4. The van der Waals surface area contributed by atoms with Crippen molar-refractivity contribution in [1.82, 2.24) is 15.2 Å². The maximum atomic E-state index is 13.0. The summed E-state index contributed by atoms with van der Waals surface area (Å²) < 4.78 is 28.6. The van der Waals surface area contributed by atoms with Gasteiger partial charge in [-0.3, -0.25) is 9.71 Å². The fraction of sp³-hybridized carbons (Fsp3) is 0.174. The fourth-order valence-corrected chi connectivity index (χ4v) is 5.05. The number of pyridine rings is 1. The Morgan fingerprint density at radius 3 is 2.35 bits per heavy atom. The van der Waals surface area contributed by atoms with E-state index in [1.54, 1.807) is 36.5 Å². The fourth-order valence-electron chi connectivity index (χ4n) is 3.81. The van der Waals surface area contributed by atoms with Crippen LogP contribution in [-0.4, -0.2) is 36.7 Å². The Balaban J connectivity index is 1.36. The molecule has 1 aliphatic rings. The molecule has 156 valence electrons. The summed E-state index contributed by atoms with van der Waals surface area (Å²) in [4.78, 5) is 6.62. The zero-order valence-electron chi connectivity index (χ0n) is 16.8. The van der Waals surface area contributed by atoms with Crippen molar-refractivity contribution in [3.05, 3.63) is 72.9 Å². The lowest BCUT2D eigenvalue weighted by Crippen LogP contribution is -2.19. The van der Waals surface area contributed by atoms with E-state index in [9.17, 15) is 8.42 Å². The second-order valence-electron chi connectivity index (χ2n) is 7.49. The summed E-state index contributed by atoms with van der Waals surface area (Å²) >= 11 is 0. The molecule has 0 aliphatic carbocycles. The van der Waals surface area contributed by atoms with E-state index in [0.29, 0.717) is 11.2 Å². The minimum Gasteiger partial charge on any atom is -0.355 e. The first-order valence-electron chi connectivity index (χ1n) is 10.2. The minimum atomic E-state index is -3.78. The molecule has 2 aromatic carbocycles. The second kappa shape index (κ2) is 7.96. The van der Waals surface area contributed by atoms with E-state index in [1.807, 2.05) is 36.4 Å². The van der Waals surface area contributed by atoms with E-state index >= 15 is 0 Å². The lowest BCUT2D eigenvalue weighted by Gasteiger charge is -2.15. The van der Waals surface area contributed by atoms with Crippen molar-refractivity contribution in [2.24, 2.45) is 0 Å². The third kappa shape index (κ3) is 3.94. The molecule has 5 rings (SSSR count). The number of fused-ring (bicyclic) bond motifs is 1. The Kier molecular flexibility index (Phi) is 4.99. The van der Waals surface area contributed by atoms with Gasteiger partial charge in [-0.25, -0.2) is 8.42 Å². The zero-order valence-corrected chi connectivity index (χ0v) is 17.6. The molecule has 0 saturated carbocycles. The van der Waals surface area contributed by atoms with Crippen molar-refractivity contribution >= 4 is 32.4 Å². The van der Waals surface area contributed by atoms with Gasteiger partial charge < -0.3 is 4.90 Å². The Morgan fingerprint density at radius 2 is 1.61 bits per heavy atom. The summed E-state index contributed by atoms with van der Waals surface area (Å²) in [6.07, 6.45) is 3.97. The Morgan fingerprint density at radius 1 is 0.839 bits per heavy atom. The van der Waals surface area contributed by atoms with Gasteiger partial charge in [0, 0.05) is 35.9 Å². The highest BCUT2D eigenvalue weighted by Crippen LogP contribution is 2.25. The van der Waals surface area contributed by atoms with Crippen molar-refractivity contribution in [1.29, 1.82) is 0 Å². The van der Waals surface area contributed by atoms with Crippen LogP contribution >= 0.6 is 0 Å². The number of sulfonamides is 1. The molecule has 0 bridgehead atoms. The lowest BCUT2D eigenvalue weighted by atomic mass is 10.1. The molecule has 0 unspecified atom stereocenters. The number of nitrogens with one attached hydrogen (secondary N) is 1. The van der Waals surface area contributed by atoms with Gasteiger partial charge in [-0.05, 0) is 49.2 Å². The number of rotatable bonds is 5. The smallest absolute Gasteiger partial charge is 0.264 e. The van der Waals surface area contributed by atoms with Crippen LogP contribution in [0.4, 0.5) is 11.5 Å². The topological polar surface area (TPSA) is 88.1 Å². The molecule has 1 aliphatic heterocycles. The monoisotopic (exact) mass is 431 g/mol. The average molecular weight is 432 g/mol. The Labute approximate surface area is 180 Å². The molecule has 4 aromatic rings. The van der Waals surface area contributed by atoms with Crippen molar-refractivity contribution < 1.29 is 8.42 Å². The third-order valence-corrected chi connectivity index (χ3v) is 6.81. The van der Waals surface area contributed by atoms with Gasteiger partial charge in [-0.2, -0.15) is 0 Å². The van der Waals surface area contributed by atoms with Crippen LogP contribution in [0.1, 0.15) is 12.8 Å². The van der Waals surface area contributed by atoms with Crippen LogP contribution in [0.5, 0.6) is 0 Å². The van der Waals surface area contributed by atoms with Crippen molar-refractivity contribution in [3.8, 4) is 11.3 Å². The maximum Gasteiger partial charge on any atom is 0.264 e. The SMILES string of the molecule is O=S(=O)(Nc1ccc(-c2ccc(N3CCCC3)nn2)cc1)c1cccc2cccnc12. The predicted octanol–water partition coefficient (Wildman–Crippen LogP) is 4.09. The maximum absolute atomic E-state index is 13.0. The summed E-state index contributed by atoms with van der Waals surface area (Å²) in [5, 5.41) is 9.46. The third-order valence-electron chi connectivity index (χ3n) is 5.40. The van der Waals surface area contributed by atoms with Crippen molar-refractivity contribution in [2.45, 2.75) is 17.7 Å². The molecule has 0 atom stereocenters. The van der Waals surface area contributed by atoms with Gasteiger partial charge in [0.05, 0.1) is 11.2 Å². The molecule has 0 spiro atoms. The normalized spacial score (nSPS) is 14.1. The average Bonchev–Trinajstić information content (AvgIpc) is 3.34. The molecule has 31 heavy (non-hydrogen) atoms. The van der Waals surface area contributed by atoms with Crippen LogP contribution < -0.4 is 9.62 Å². The number of anilines is 2. The molecule has 0 amide bonds. The molecule has 8 heteroatoms. The molecule has 1 saturated heterocycles. The van der Waals surface area contributed by atoms with E-state index in [4.69, 9.17) is 0 Å². The van der Waals surface area contributed by atoms with E-state index in [0.717, 1.165) is 35.6 Å². The standard InChI is InChI=1S/C23H21N5O2S/c29-31(30,21-7-3-5-18-6-4-14-24-23(18)21)27-19-10-8-17(9-11-19)20-12-13-22(26-25-20)28-15-1-2-16-28/h3-14,27H,1-2,15-16H2. The quantitative estimate of drug-likeness (QED) is 0.512. The van der Waals surface area contributed by atoms with Crippen molar-refractivity contribution in [2.75, 3.05) is 22.7 Å². The number of benzene rings is 2. The second-order valence-corrected chi connectivity index (χ2v) is 9.14. The van der Waals surface area contributed by atoms with Gasteiger partial charge in [0.1, 0.15) is 4.90 Å². The number of aromatic nitrogens is 3. The van der Waals surface area contributed by atoms with Gasteiger partial charge in [-0.1, -0.05) is 30.3 Å². The van der Waals surface area contributed by atoms with Gasteiger partial charge in [0.15, 0.2) is 5.82 Å². The summed E-state index contributed by atoms with van der Waals surface area (Å²) in [5.41, 5.74) is 2.53.